The number of carboxylic acids is 2. The molecule has 0 aromatic carbocycles. The van der Waals surface area contributed by atoms with Gasteiger partial charge in [-0.05, 0) is 64.2 Å². The molecule has 0 aliphatic rings. The van der Waals surface area contributed by atoms with Crippen LogP contribution in [0.1, 0.15) is 181 Å². The minimum Gasteiger partial charge on any atom is -0.549 e. The van der Waals surface area contributed by atoms with E-state index in [4.69, 9.17) is 23.2 Å². The first-order valence-corrected chi connectivity index (χ1v) is 18.2. The van der Waals surface area contributed by atoms with Crippen LogP contribution in [0.15, 0.2) is 24.3 Å². The first kappa shape index (κ1) is 47.0. The molecular weight excluding hydrogens is 633 g/mol. The molecule has 248 valence electrons. The van der Waals surface area contributed by atoms with Crippen molar-refractivity contribution in [2.75, 3.05) is 0 Å². The van der Waals surface area contributed by atoms with Crippen LogP contribution in [0.25, 0.3) is 0 Å². The van der Waals surface area contributed by atoms with E-state index in [2.05, 4.69) is 38.2 Å². The van der Waals surface area contributed by atoms with Gasteiger partial charge >= 0.3 is 19.5 Å². The van der Waals surface area contributed by atoms with E-state index in [1.165, 1.54) is 103 Å². The third kappa shape index (κ3) is 41.6. The van der Waals surface area contributed by atoms with Crippen LogP contribution in [-0.2, 0) is 29.1 Å². The summed E-state index contributed by atoms with van der Waals surface area (Å²) in [5.74, 6) is -2.29. The first-order valence-electron chi connectivity index (χ1n) is 17.4. The molecule has 0 aromatic heterocycles. The summed E-state index contributed by atoms with van der Waals surface area (Å²) in [5.41, 5.74) is 0. The van der Waals surface area contributed by atoms with Crippen LogP contribution in [-0.4, -0.2) is 22.7 Å². The van der Waals surface area contributed by atoms with Crippen LogP contribution in [0.3, 0.4) is 0 Å². The average Bonchev–Trinajstić information content (AvgIpc) is 2.97. The molecule has 0 spiro atoms. The molecule has 2 unspecified atom stereocenters. The normalized spacial score (nSPS) is 12.6. The number of carbonyl (C=O) groups is 2. The van der Waals surface area contributed by atoms with E-state index < -0.39 is 22.7 Å². The fraction of sp³-hybridized carbons (Fsp3) is 0.833. The van der Waals surface area contributed by atoms with E-state index in [1.807, 2.05) is 0 Å². The van der Waals surface area contributed by atoms with Crippen LogP contribution in [0.5, 0.6) is 0 Å². The zero-order valence-corrected chi connectivity index (χ0v) is 32.4. The van der Waals surface area contributed by atoms with Crippen molar-refractivity contribution in [2.24, 2.45) is 0 Å². The van der Waals surface area contributed by atoms with E-state index in [1.54, 1.807) is 0 Å². The molecule has 0 fully saturated rings. The summed E-state index contributed by atoms with van der Waals surface area (Å²) in [6, 6.07) is 0. The molecule has 0 saturated heterocycles. The van der Waals surface area contributed by atoms with Crippen LogP contribution in [0.4, 0.5) is 0 Å². The molecule has 0 aromatic rings. The van der Waals surface area contributed by atoms with Crippen LogP contribution in [0.2, 0.25) is 0 Å². The molecule has 0 radical (unpaired) electrons. The number of carbonyl (C=O) groups excluding carboxylic acids is 2. The quantitative estimate of drug-likeness (QED) is 0.0324. The summed E-state index contributed by atoms with van der Waals surface area (Å²) >= 11 is 11.2. The number of halogens is 2. The molecule has 0 amide bonds. The monoisotopic (exact) mass is 694 g/mol. The molecule has 7 heteroatoms. The SMILES string of the molecule is CCCCCCCCC=CCCCCCCC(Cl)C(=O)[O-].CCCCCCCCC=CCCCCCCC(Cl)C(=O)[O-].[Zn+2]. The maximum Gasteiger partial charge on any atom is 2.00 e. The minimum absolute atomic E-state index is 0. The van der Waals surface area contributed by atoms with Gasteiger partial charge in [0.1, 0.15) is 0 Å². The van der Waals surface area contributed by atoms with Crippen molar-refractivity contribution in [3.8, 4) is 0 Å². The molecule has 0 aliphatic carbocycles. The van der Waals surface area contributed by atoms with Gasteiger partial charge in [0.05, 0.1) is 22.7 Å². The van der Waals surface area contributed by atoms with Crippen molar-refractivity contribution in [1.29, 1.82) is 0 Å². The zero-order chi connectivity index (χ0) is 31.5. The second kappa shape index (κ2) is 39.6. The Bertz CT molecular complexity index is 589. The standard InChI is InChI=1S/2C18H33ClO2.Zn/c2*1-2-3-4-5-6-7-8-9-10-11-12-13-14-15-16-17(19)18(20)21;/h2*9-10,17H,2-8,11-16H2,1H3,(H,20,21);/q;;+2/p-2. The summed E-state index contributed by atoms with van der Waals surface area (Å²) in [5, 5.41) is 19.2. The second-order valence-corrected chi connectivity index (χ2v) is 12.7. The topological polar surface area (TPSA) is 80.3 Å². The number of rotatable bonds is 30. The fourth-order valence-electron chi connectivity index (χ4n) is 4.67. The van der Waals surface area contributed by atoms with E-state index in [9.17, 15) is 19.8 Å². The third-order valence-corrected chi connectivity index (χ3v) is 8.24. The first-order chi connectivity index (χ1) is 20.4. The molecule has 2 atom stereocenters. The van der Waals surface area contributed by atoms with Crippen molar-refractivity contribution >= 4 is 35.1 Å². The van der Waals surface area contributed by atoms with Gasteiger partial charge in [-0.25, -0.2) is 0 Å². The predicted molar refractivity (Wildman–Crippen MR) is 179 cm³/mol. The van der Waals surface area contributed by atoms with E-state index in [0.29, 0.717) is 12.8 Å². The minimum atomic E-state index is -1.14. The molecule has 0 N–H and O–H groups in total. The van der Waals surface area contributed by atoms with Crippen molar-refractivity contribution in [2.45, 2.75) is 192 Å². The third-order valence-electron chi connectivity index (χ3n) is 7.45. The van der Waals surface area contributed by atoms with Crippen molar-refractivity contribution in [3.05, 3.63) is 24.3 Å². The smallest absolute Gasteiger partial charge is 0.549 e. The van der Waals surface area contributed by atoms with Gasteiger partial charge < -0.3 is 19.8 Å². The predicted octanol–water partition coefficient (Wildman–Crippen LogP) is 9.98. The summed E-state index contributed by atoms with van der Waals surface area (Å²) in [6.45, 7) is 4.50. The van der Waals surface area contributed by atoms with Crippen LogP contribution < -0.4 is 10.2 Å². The average molecular weight is 697 g/mol. The van der Waals surface area contributed by atoms with Crippen LogP contribution in [0, 0.1) is 0 Å². The Morgan fingerprint density at radius 1 is 0.465 bits per heavy atom. The van der Waals surface area contributed by atoms with E-state index in [0.717, 1.165) is 51.4 Å². The van der Waals surface area contributed by atoms with Gasteiger partial charge in [-0.15, -0.1) is 23.2 Å². The fourth-order valence-corrected chi connectivity index (χ4v) is 4.98. The Hall–Kier alpha value is -0.377. The molecule has 43 heavy (non-hydrogen) atoms. The molecular formula is C36H64Cl2O4Zn. The number of hydrogen-bond donors (Lipinski definition) is 0. The number of aliphatic carboxylic acids is 2. The Balaban J connectivity index is -0.000000727. The summed E-state index contributed by atoms with van der Waals surface area (Å²) in [4.78, 5) is 20.8. The second-order valence-electron chi connectivity index (χ2n) is 11.6. The molecule has 0 aliphatic heterocycles. The van der Waals surface area contributed by atoms with Gasteiger partial charge in [0.15, 0.2) is 0 Å². The summed E-state index contributed by atoms with van der Waals surface area (Å²) < 4.78 is 0. The number of carboxylic acid groups (broad SMARTS) is 2. The molecule has 0 bridgehead atoms. The number of unbranched alkanes of at least 4 members (excludes halogenated alkanes) is 20. The van der Waals surface area contributed by atoms with Crippen molar-refractivity contribution < 1.29 is 39.3 Å². The van der Waals surface area contributed by atoms with Gasteiger partial charge in [0, 0.05) is 0 Å². The van der Waals surface area contributed by atoms with Gasteiger partial charge in [0.2, 0.25) is 0 Å². The molecule has 0 heterocycles. The molecule has 0 saturated carbocycles. The number of hydrogen-bond acceptors (Lipinski definition) is 4. The number of alkyl halides is 2. The maximum absolute atomic E-state index is 10.4. The Morgan fingerprint density at radius 2 is 0.698 bits per heavy atom. The van der Waals surface area contributed by atoms with E-state index >= 15 is 0 Å². The van der Waals surface area contributed by atoms with Gasteiger partial charge in [-0.2, -0.15) is 0 Å². The Labute approximate surface area is 289 Å². The van der Waals surface area contributed by atoms with Crippen molar-refractivity contribution in [3.63, 3.8) is 0 Å². The van der Waals surface area contributed by atoms with Gasteiger partial charge in [0.25, 0.3) is 0 Å². The Morgan fingerprint density at radius 3 is 0.953 bits per heavy atom. The van der Waals surface area contributed by atoms with E-state index in [-0.39, 0.29) is 19.5 Å². The molecule has 4 nitrogen and oxygen atoms in total. The van der Waals surface area contributed by atoms with Gasteiger partial charge in [-0.3, -0.25) is 0 Å². The van der Waals surface area contributed by atoms with Crippen molar-refractivity contribution in [1.82, 2.24) is 0 Å². The maximum atomic E-state index is 10.4. The Kier molecular flexibility index (Phi) is 43.4. The zero-order valence-electron chi connectivity index (χ0n) is 27.9. The van der Waals surface area contributed by atoms with Crippen LogP contribution >= 0.6 is 23.2 Å². The molecule has 0 rings (SSSR count). The summed E-state index contributed by atoms with van der Waals surface area (Å²) in [7, 11) is 0. The summed E-state index contributed by atoms with van der Waals surface area (Å²) in [6.07, 6.45) is 39.8. The number of allylic oxidation sites excluding steroid dienone is 4. The largest absolute Gasteiger partial charge is 2.00 e. The van der Waals surface area contributed by atoms with Gasteiger partial charge in [-0.1, -0.05) is 141 Å².